The monoisotopic (exact) mass is 403 g/mol. The lowest BCUT2D eigenvalue weighted by Crippen LogP contribution is -2.43. The summed E-state index contributed by atoms with van der Waals surface area (Å²) in [4.78, 5) is 27.2. The number of nitrogens with zero attached hydrogens (tertiary/aromatic N) is 1. The number of imide groups is 1. The summed E-state index contributed by atoms with van der Waals surface area (Å²) in [5.41, 5.74) is 2.37. The molecule has 0 bridgehead atoms. The van der Waals surface area contributed by atoms with Crippen molar-refractivity contribution in [1.29, 1.82) is 0 Å². The lowest BCUT2D eigenvalue weighted by Gasteiger charge is -2.24. The van der Waals surface area contributed by atoms with E-state index in [0.717, 1.165) is 18.4 Å². The molecule has 2 atom stereocenters. The first-order valence-electron chi connectivity index (χ1n) is 10.9. The Bertz CT molecular complexity index is 874. The highest BCUT2D eigenvalue weighted by molar-refractivity contribution is 5.95. The van der Waals surface area contributed by atoms with Crippen molar-refractivity contribution in [2.45, 2.75) is 44.6 Å². The molecule has 0 radical (unpaired) electrons. The van der Waals surface area contributed by atoms with Gasteiger partial charge in [-0.2, -0.15) is 0 Å². The van der Waals surface area contributed by atoms with E-state index in [9.17, 15) is 9.59 Å². The first kappa shape index (κ1) is 20.4. The molecular weight excluding hydrogens is 374 g/mol. The molecular formula is C26H29NO3. The highest BCUT2D eigenvalue weighted by Gasteiger charge is 2.41. The van der Waals surface area contributed by atoms with E-state index < -0.39 is 6.09 Å². The number of cyclic esters (lactones) is 1. The Morgan fingerprint density at radius 2 is 1.67 bits per heavy atom. The number of rotatable bonds is 9. The van der Waals surface area contributed by atoms with Crippen molar-refractivity contribution in [2.75, 3.05) is 6.61 Å². The van der Waals surface area contributed by atoms with Gasteiger partial charge in [-0.1, -0.05) is 85.7 Å². The van der Waals surface area contributed by atoms with E-state index in [2.05, 4.69) is 24.3 Å². The van der Waals surface area contributed by atoms with Crippen molar-refractivity contribution in [3.05, 3.63) is 83.9 Å². The molecule has 2 amide bonds. The molecule has 156 valence electrons. The van der Waals surface area contributed by atoms with Gasteiger partial charge >= 0.3 is 6.09 Å². The number of amides is 2. The average molecular weight is 404 g/mol. The fraction of sp³-hybridized carbons (Fsp3) is 0.385. The Morgan fingerprint density at radius 1 is 1.00 bits per heavy atom. The number of carbonyl (C=O) groups is 2. The predicted molar refractivity (Wildman–Crippen MR) is 117 cm³/mol. The molecule has 4 heteroatoms. The van der Waals surface area contributed by atoms with Gasteiger partial charge in [0.1, 0.15) is 6.61 Å². The molecule has 1 heterocycles. The molecule has 30 heavy (non-hydrogen) atoms. The fourth-order valence-corrected chi connectivity index (χ4v) is 4.11. The molecule has 2 aromatic rings. The second-order valence-corrected chi connectivity index (χ2v) is 8.40. The van der Waals surface area contributed by atoms with Crippen LogP contribution in [0.4, 0.5) is 4.79 Å². The van der Waals surface area contributed by atoms with E-state index in [-0.39, 0.29) is 24.5 Å². The molecule has 1 saturated heterocycles. The van der Waals surface area contributed by atoms with Crippen LogP contribution in [0.5, 0.6) is 0 Å². The first-order valence-corrected chi connectivity index (χ1v) is 10.9. The number of hydrogen-bond acceptors (Lipinski definition) is 3. The molecule has 4 nitrogen and oxygen atoms in total. The molecule has 1 unspecified atom stereocenters. The van der Waals surface area contributed by atoms with Gasteiger partial charge in [0, 0.05) is 5.92 Å². The summed E-state index contributed by atoms with van der Waals surface area (Å²) >= 11 is 0. The van der Waals surface area contributed by atoms with Crippen molar-refractivity contribution >= 4 is 12.0 Å². The van der Waals surface area contributed by atoms with Gasteiger partial charge in [0.05, 0.1) is 6.04 Å². The van der Waals surface area contributed by atoms with Crippen LogP contribution in [0.1, 0.15) is 36.8 Å². The van der Waals surface area contributed by atoms with Crippen molar-refractivity contribution in [1.82, 2.24) is 4.90 Å². The van der Waals surface area contributed by atoms with Crippen LogP contribution in [0.25, 0.3) is 0 Å². The van der Waals surface area contributed by atoms with Crippen LogP contribution < -0.4 is 0 Å². The average Bonchev–Trinajstić information content (AvgIpc) is 3.52. The lowest BCUT2D eigenvalue weighted by molar-refractivity contribution is -0.133. The van der Waals surface area contributed by atoms with Crippen LogP contribution in [-0.2, 0) is 22.4 Å². The Hall–Kier alpha value is -2.88. The lowest BCUT2D eigenvalue weighted by atomic mass is 9.95. The largest absolute Gasteiger partial charge is 0.447 e. The van der Waals surface area contributed by atoms with Crippen LogP contribution in [0, 0.1) is 11.8 Å². The molecule has 2 fully saturated rings. The van der Waals surface area contributed by atoms with Gasteiger partial charge in [-0.25, -0.2) is 9.69 Å². The smallest absolute Gasteiger partial charge is 0.416 e. The molecule has 0 aromatic heterocycles. The summed E-state index contributed by atoms with van der Waals surface area (Å²) in [6, 6.07) is 20.1. The summed E-state index contributed by atoms with van der Waals surface area (Å²) in [6.45, 7) is 0.277. The number of ether oxygens (including phenoxy) is 1. The molecule has 1 aliphatic heterocycles. The Kier molecular flexibility index (Phi) is 6.63. The normalized spacial score (nSPS) is 19.8. The Balaban J connectivity index is 1.41. The van der Waals surface area contributed by atoms with Crippen molar-refractivity contribution in [2.24, 2.45) is 11.8 Å². The standard InChI is InChI=1S/C26H29NO3/c28-25(27-24(19-30-26(27)29)18-21-12-5-2-6-13-21)23(17-22-15-16-22)14-8-7-11-20-9-3-1-4-10-20/h1-10,12-13,22-24H,11,14-19H2/b8-7+/t23?,24-/m0/s1. The van der Waals surface area contributed by atoms with Gasteiger partial charge in [0.15, 0.2) is 0 Å². The van der Waals surface area contributed by atoms with E-state index in [0.29, 0.717) is 18.8 Å². The quantitative estimate of drug-likeness (QED) is 0.542. The van der Waals surface area contributed by atoms with Crippen molar-refractivity contribution in [3.8, 4) is 0 Å². The van der Waals surface area contributed by atoms with Crippen molar-refractivity contribution in [3.63, 3.8) is 0 Å². The van der Waals surface area contributed by atoms with Gasteiger partial charge in [-0.15, -0.1) is 0 Å². The summed E-state index contributed by atoms with van der Waals surface area (Å²) in [5, 5.41) is 0. The van der Waals surface area contributed by atoms with Crippen LogP contribution in [0.2, 0.25) is 0 Å². The Morgan fingerprint density at radius 3 is 2.33 bits per heavy atom. The zero-order valence-corrected chi connectivity index (χ0v) is 17.3. The van der Waals surface area contributed by atoms with Crippen molar-refractivity contribution < 1.29 is 14.3 Å². The van der Waals surface area contributed by atoms with Gasteiger partial charge in [0.2, 0.25) is 5.91 Å². The maximum atomic E-state index is 13.4. The summed E-state index contributed by atoms with van der Waals surface area (Å²) < 4.78 is 5.27. The van der Waals surface area contributed by atoms with Crippen LogP contribution in [-0.4, -0.2) is 29.5 Å². The van der Waals surface area contributed by atoms with E-state index in [1.807, 2.05) is 48.5 Å². The third-order valence-electron chi connectivity index (χ3n) is 5.96. The van der Waals surface area contributed by atoms with Crippen LogP contribution in [0.15, 0.2) is 72.8 Å². The SMILES string of the molecule is O=C1OC[C@H](Cc2ccccc2)N1C(=O)C(C/C=C/Cc1ccccc1)CC1CC1. The maximum Gasteiger partial charge on any atom is 0.416 e. The number of allylic oxidation sites excluding steroid dienone is 2. The minimum atomic E-state index is -0.491. The predicted octanol–water partition coefficient (Wildman–Crippen LogP) is 5.18. The van der Waals surface area contributed by atoms with Crippen LogP contribution in [0.3, 0.4) is 0 Å². The third-order valence-corrected chi connectivity index (χ3v) is 5.96. The molecule has 0 N–H and O–H groups in total. The molecule has 2 aromatic carbocycles. The Labute approximate surface area is 178 Å². The number of benzene rings is 2. The van der Waals surface area contributed by atoms with E-state index in [4.69, 9.17) is 4.74 Å². The minimum absolute atomic E-state index is 0.0744. The zero-order chi connectivity index (χ0) is 20.8. The highest BCUT2D eigenvalue weighted by Crippen LogP contribution is 2.37. The molecule has 1 saturated carbocycles. The number of hydrogen-bond donors (Lipinski definition) is 0. The first-order chi connectivity index (χ1) is 14.7. The molecule has 0 spiro atoms. The van der Waals surface area contributed by atoms with E-state index >= 15 is 0 Å². The van der Waals surface area contributed by atoms with Gasteiger partial charge in [-0.3, -0.25) is 4.79 Å². The van der Waals surface area contributed by atoms with Gasteiger partial charge in [0.25, 0.3) is 0 Å². The fourth-order valence-electron chi connectivity index (χ4n) is 4.11. The number of carbonyl (C=O) groups excluding carboxylic acids is 2. The van der Waals surface area contributed by atoms with Gasteiger partial charge < -0.3 is 4.74 Å². The molecule has 2 aliphatic rings. The highest BCUT2D eigenvalue weighted by atomic mass is 16.6. The molecule has 1 aliphatic carbocycles. The maximum absolute atomic E-state index is 13.4. The van der Waals surface area contributed by atoms with E-state index in [1.165, 1.54) is 23.3 Å². The van der Waals surface area contributed by atoms with Crippen LogP contribution >= 0.6 is 0 Å². The van der Waals surface area contributed by atoms with E-state index in [1.54, 1.807) is 0 Å². The molecule has 4 rings (SSSR count). The zero-order valence-electron chi connectivity index (χ0n) is 17.3. The second-order valence-electron chi connectivity index (χ2n) is 8.40. The minimum Gasteiger partial charge on any atom is -0.447 e. The van der Waals surface area contributed by atoms with Gasteiger partial charge in [-0.05, 0) is 42.7 Å². The second kappa shape index (κ2) is 9.75. The summed E-state index contributed by atoms with van der Waals surface area (Å²) in [5.74, 6) is 0.385. The summed E-state index contributed by atoms with van der Waals surface area (Å²) in [7, 11) is 0. The third kappa shape index (κ3) is 5.38. The summed E-state index contributed by atoms with van der Waals surface area (Å²) in [6.07, 6.45) is 9.14. The topological polar surface area (TPSA) is 46.6 Å².